The lowest BCUT2D eigenvalue weighted by Gasteiger charge is -2.22. The largest absolute Gasteiger partial charge is 0.380 e. The summed E-state index contributed by atoms with van der Waals surface area (Å²) in [6.45, 7) is 3.74. The molecule has 0 aromatic heterocycles. The van der Waals surface area contributed by atoms with Gasteiger partial charge in [0.05, 0.1) is 6.61 Å². The van der Waals surface area contributed by atoms with Crippen molar-refractivity contribution in [2.45, 2.75) is 64.3 Å². The van der Waals surface area contributed by atoms with E-state index in [1.54, 1.807) is 0 Å². The zero-order valence-electron chi connectivity index (χ0n) is 10.2. The van der Waals surface area contributed by atoms with Crippen molar-refractivity contribution in [1.29, 1.82) is 0 Å². The smallest absolute Gasteiger partial charge is 0.0617 e. The third kappa shape index (κ3) is 6.16. The summed E-state index contributed by atoms with van der Waals surface area (Å²) in [6, 6.07) is 0.262. The SMILES string of the molecule is CCCOCC(N)CCC1CCCCC1. The normalized spacial score (nSPS) is 20.4. The van der Waals surface area contributed by atoms with Crippen molar-refractivity contribution in [2.24, 2.45) is 11.7 Å². The first-order valence-corrected chi connectivity index (χ1v) is 6.66. The van der Waals surface area contributed by atoms with Gasteiger partial charge >= 0.3 is 0 Å². The highest BCUT2D eigenvalue weighted by Gasteiger charge is 2.14. The van der Waals surface area contributed by atoms with E-state index in [0.29, 0.717) is 0 Å². The summed E-state index contributed by atoms with van der Waals surface area (Å²) < 4.78 is 5.46. The molecule has 1 saturated carbocycles. The third-order valence-electron chi connectivity index (χ3n) is 3.35. The van der Waals surface area contributed by atoms with Crippen LogP contribution in [0.2, 0.25) is 0 Å². The standard InChI is InChI=1S/C13H27NO/c1-2-10-15-11-13(14)9-8-12-6-4-3-5-7-12/h12-13H,2-11,14H2,1H3. The van der Waals surface area contributed by atoms with Crippen molar-refractivity contribution in [3.05, 3.63) is 0 Å². The van der Waals surface area contributed by atoms with Gasteiger partial charge in [0.1, 0.15) is 0 Å². The molecule has 0 amide bonds. The molecule has 1 rings (SSSR count). The molecule has 2 N–H and O–H groups in total. The molecule has 2 heteroatoms. The van der Waals surface area contributed by atoms with Crippen LogP contribution in [-0.4, -0.2) is 19.3 Å². The molecule has 0 saturated heterocycles. The van der Waals surface area contributed by atoms with E-state index in [0.717, 1.165) is 32.0 Å². The first kappa shape index (κ1) is 13.0. The molecule has 1 aliphatic rings. The van der Waals surface area contributed by atoms with Crippen molar-refractivity contribution in [1.82, 2.24) is 0 Å². The molecule has 1 atom stereocenters. The van der Waals surface area contributed by atoms with Crippen molar-refractivity contribution < 1.29 is 4.74 Å². The highest BCUT2D eigenvalue weighted by molar-refractivity contribution is 4.69. The predicted octanol–water partition coefficient (Wildman–Crippen LogP) is 3.10. The van der Waals surface area contributed by atoms with Crippen molar-refractivity contribution >= 4 is 0 Å². The Morgan fingerprint density at radius 1 is 1.27 bits per heavy atom. The van der Waals surface area contributed by atoms with E-state index in [2.05, 4.69) is 6.92 Å². The Kier molecular flexibility index (Phi) is 7.03. The third-order valence-corrected chi connectivity index (χ3v) is 3.35. The lowest BCUT2D eigenvalue weighted by molar-refractivity contribution is 0.116. The fourth-order valence-corrected chi connectivity index (χ4v) is 2.39. The molecule has 0 aliphatic heterocycles. The van der Waals surface area contributed by atoms with Gasteiger partial charge in [0.25, 0.3) is 0 Å². The van der Waals surface area contributed by atoms with Crippen LogP contribution in [0.4, 0.5) is 0 Å². The van der Waals surface area contributed by atoms with Gasteiger partial charge in [-0.2, -0.15) is 0 Å². The molecule has 0 heterocycles. The minimum absolute atomic E-state index is 0.262. The Balaban J connectivity index is 1.97. The van der Waals surface area contributed by atoms with Crippen molar-refractivity contribution in [3.8, 4) is 0 Å². The molecule has 0 aromatic carbocycles. The summed E-state index contributed by atoms with van der Waals surface area (Å²) in [5.41, 5.74) is 6.01. The second kappa shape index (κ2) is 8.12. The number of hydrogen-bond acceptors (Lipinski definition) is 2. The Labute approximate surface area is 94.6 Å². The van der Waals surface area contributed by atoms with Crippen LogP contribution in [0.3, 0.4) is 0 Å². The van der Waals surface area contributed by atoms with Crippen molar-refractivity contribution in [3.63, 3.8) is 0 Å². The first-order chi connectivity index (χ1) is 7.33. The van der Waals surface area contributed by atoms with Crippen LogP contribution in [0, 0.1) is 5.92 Å². The predicted molar refractivity (Wildman–Crippen MR) is 64.9 cm³/mol. The molecular weight excluding hydrogens is 186 g/mol. The fraction of sp³-hybridized carbons (Fsp3) is 1.00. The van der Waals surface area contributed by atoms with Gasteiger partial charge in [-0.05, 0) is 25.2 Å². The molecule has 1 fully saturated rings. The number of nitrogens with two attached hydrogens (primary N) is 1. The van der Waals surface area contributed by atoms with Crippen LogP contribution in [0.25, 0.3) is 0 Å². The van der Waals surface area contributed by atoms with Gasteiger partial charge in [0.15, 0.2) is 0 Å². The highest BCUT2D eigenvalue weighted by Crippen LogP contribution is 2.27. The minimum Gasteiger partial charge on any atom is -0.380 e. The van der Waals surface area contributed by atoms with Gasteiger partial charge in [-0.3, -0.25) is 0 Å². The zero-order chi connectivity index (χ0) is 10.9. The van der Waals surface area contributed by atoms with E-state index in [-0.39, 0.29) is 6.04 Å². The Bertz CT molecular complexity index is 143. The van der Waals surface area contributed by atoms with Gasteiger partial charge < -0.3 is 10.5 Å². The summed E-state index contributed by atoms with van der Waals surface area (Å²) in [5.74, 6) is 0.955. The Hall–Kier alpha value is -0.0800. The maximum atomic E-state index is 6.01. The average molecular weight is 213 g/mol. The maximum absolute atomic E-state index is 6.01. The van der Waals surface area contributed by atoms with Gasteiger partial charge in [-0.1, -0.05) is 39.0 Å². The van der Waals surface area contributed by atoms with Crippen LogP contribution in [-0.2, 0) is 4.74 Å². The van der Waals surface area contributed by atoms with Crippen LogP contribution in [0.15, 0.2) is 0 Å². The molecule has 2 nitrogen and oxygen atoms in total. The second-order valence-corrected chi connectivity index (χ2v) is 4.92. The summed E-state index contributed by atoms with van der Waals surface area (Å²) in [6.07, 6.45) is 10.7. The highest BCUT2D eigenvalue weighted by atomic mass is 16.5. The summed E-state index contributed by atoms with van der Waals surface area (Å²) in [5, 5.41) is 0. The topological polar surface area (TPSA) is 35.2 Å². The van der Waals surface area contributed by atoms with Crippen LogP contribution >= 0.6 is 0 Å². The van der Waals surface area contributed by atoms with Crippen LogP contribution < -0.4 is 5.73 Å². The van der Waals surface area contributed by atoms with E-state index in [1.165, 1.54) is 38.5 Å². The molecule has 0 bridgehead atoms. The monoisotopic (exact) mass is 213 g/mol. The van der Waals surface area contributed by atoms with Crippen LogP contribution in [0.1, 0.15) is 58.3 Å². The summed E-state index contributed by atoms with van der Waals surface area (Å²) in [4.78, 5) is 0. The fourth-order valence-electron chi connectivity index (χ4n) is 2.39. The summed E-state index contributed by atoms with van der Waals surface area (Å²) in [7, 11) is 0. The average Bonchev–Trinajstić information content (AvgIpc) is 2.28. The van der Waals surface area contributed by atoms with E-state index in [9.17, 15) is 0 Å². The lowest BCUT2D eigenvalue weighted by Crippen LogP contribution is -2.27. The minimum atomic E-state index is 0.262. The number of hydrogen-bond donors (Lipinski definition) is 1. The molecule has 0 spiro atoms. The molecular formula is C13H27NO. The van der Waals surface area contributed by atoms with Gasteiger partial charge in [-0.15, -0.1) is 0 Å². The van der Waals surface area contributed by atoms with E-state index >= 15 is 0 Å². The number of rotatable bonds is 7. The number of ether oxygens (including phenoxy) is 1. The molecule has 15 heavy (non-hydrogen) atoms. The molecule has 90 valence electrons. The quantitative estimate of drug-likeness (QED) is 0.660. The Morgan fingerprint density at radius 3 is 2.67 bits per heavy atom. The molecule has 1 unspecified atom stereocenters. The van der Waals surface area contributed by atoms with Gasteiger partial charge in [0.2, 0.25) is 0 Å². The molecule has 0 aromatic rings. The molecule has 0 radical (unpaired) electrons. The van der Waals surface area contributed by atoms with Gasteiger partial charge in [-0.25, -0.2) is 0 Å². The maximum Gasteiger partial charge on any atom is 0.0617 e. The summed E-state index contributed by atoms with van der Waals surface area (Å²) >= 11 is 0. The van der Waals surface area contributed by atoms with E-state index in [1.807, 2.05) is 0 Å². The second-order valence-electron chi connectivity index (χ2n) is 4.92. The van der Waals surface area contributed by atoms with Crippen molar-refractivity contribution in [2.75, 3.05) is 13.2 Å². The molecule has 1 aliphatic carbocycles. The van der Waals surface area contributed by atoms with Crippen LogP contribution in [0.5, 0.6) is 0 Å². The van der Waals surface area contributed by atoms with E-state index in [4.69, 9.17) is 10.5 Å². The van der Waals surface area contributed by atoms with E-state index < -0.39 is 0 Å². The first-order valence-electron chi connectivity index (χ1n) is 6.66. The van der Waals surface area contributed by atoms with Gasteiger partial charge in [0, 0.05) is 12.6 Å². The zero-order valence-corrected chi connectivity index (χ0v) is 10.2. The lowest BCUT2D eigenvalue weighted by atomic mass is 9.85. The Morgan fingerprint density at radius 2 is 2.00 bits per heavy atom.